The van der Waals surface area contributed by atoms with E-state index >= 15 is 0 Å². The highest BCUT2D eigenvalue weighted by molar-refractivity contribution is 9.10. The fourth-order valence-electron chi connectivity index (χ4n) is 1.52. The lowest BCUT2D eigenvalue weighted by molar-refractivity contribution is -0.142. The molecular formula is C12H14Br2O3. The number of methoxy groups -OCH3 is 1. The number of alkyl halides is 1. The topological polar surface area (TPSA) is 35.5 Å². The first kappa shape index (κ1) is 14.5. The van der Waals surface area contributed by atoms with Gasteiger partial charge in [0.05, 0.1) is 24.6 Å². The van der Waals surface area contributed by atoms with Crippen LogP contribution < -0.4 is 4.74 Å². The molecular weight excluding hydrogens is 352 g/mol. The molecule has 0 unspecified atom stereocenters. The second kappa shape index (κ2) is 7.01. The second-order valence-corrected chi connectivity index (χ2v) is 4.80. The van der Waals surface area contributed by atoms with Crippen LogP contribution in [-0.4, -0.2) is 19.7 Å². The third-order valence-corrected chi connectivity index (χ3v) is 3.42. The summed E-state index contributed by atoms with van der Waals surface area (Å²) >= 11 is 6.82. The normalized spacial score (nSPS) is 10.1. The number of ether oxygens (including phenoxy) is 2. The lowest BCUT2D eigenvalue weighted by Gasteiger charge is -2.12. The van der Waals surface area contributed by atoms with Crippen molar-refractivity contribution in [3.05, 3.63) is 27.7 Å². The molecule has 0 amide bonds. The van der Waals surface area contributed by atoms with Gasteiger partial charge in [0.25, 0.3) is 0 Å². The Morgan fingerprint density at radius 1 is 1.41 bits per heavy atom. The van der Waals surface area contributed by atoms with Gasteiger partial charge in [-0.15, -0.1) is 0 Å². The Bertz CT molecular complexity index is 405. The molecule has 0 heterocycles. The molecule has 0 aliphatic rings. The highest BCUT2D eigenvalue weighted by Gasteiger charge is 2.13. The minimum absolute atomic E-state index is 0.219. The van der Waals surface area contributed by atoms with Crippen molar-refractivity contribution in [3.8, 4) is 5.75 Å². The minimum Gasteiger partial charge on any atom is -0.495 e. The molecule has 0 fully saturated rings. The van der Waals surface area contributed by atoms with Crippen molar-refractivity contribution in [1.82, 2.24) is 0 Å². The van der Waals surface area contributed by atoms with E-state index in [1.165, 1.54) is 0 Å². The Kier molecular flexibility index (Phi) is 5.98. The van der Waals surface area contributed by atoms with Crippen molar-refractivity contribution < 1.29 is 14.3 Å². The Morgan fingerprint density at radius 2 is 2.12 bits per heavy atom. The molecule has 0 N–H and O–H groups in total. The van der Waals surface area contributed by atoms with Crippen molar-refractivity contribution >= 4 is 37.8 Å². The average Bonchev–Trinajstić information content (AvgIpc) is 2.28. The molecule has 94 valence electrons. The monoisotopic (exact) mass is 364 g/mol. The predicted octanol–water partition coefficient (Wildman–Crippen LogP) is 3.46. The molecule has 5 heteroatoms. The summed E-state index contributed by atoms with van der Waals surface area (Å²) in [6.07, 6.45) is 0.219. The van der Waals surface area contributed by atoms with Crippen LogP contribution in [0.4, 0.5) is 0 Å². The summed E-state index contributed by atoms with van der Waals surface area (Å²) in [6, 6.07) is 3.90. The summed E-state index contributed by atoms with van der Waals surface area (Å²) in [5.74, 6) is 0.437. The van der Waals surface area contributed by atoms with Gasteiger partial charge in [-0.05, 0) is 34.5 Å². The van der Waals surface area contributed by atoms with Crippen LogP contribution >= 0.6 is 31.9 Å². The fraction of sp³-hybridized carbons (Fsp3) is 0.417. The summed E-state index contributed by atoms with van der Waals surface area (Å²) in [6.45, 7) is 2.18. The molecule has 3 nitrogen and oxygen atoms in total. The minimum atomic E-state index is -0.246. The average molecular weight is 366 g/mol. The third-order valence-electron chi connectivity index (χ3n) is 2.18. The number of hydrogen-bond donors (Lipinski definition) is 0. The maximum absolute atomic E-state index is 11.5. The molecule has 0 spiro atoms. The van der Waals surface area contributed by atoms with E-state index in [9.17, 15) is 4.79 Å². The van der Waals surface area contributed by atoms with Gasteiger partial charge in [-0.2, -0.15) is 0 Å². The zero-order valence-electron chi connectivity index (χ0n) is 9.76. The molecule has 0 saturated heterocycles. The summed E-state index contributed by atoms with van der Waals surface area (Å²) in [7, 11) is 1.59. The summed E-state index contributed by atoms with van der Waals surface area (Å²) in [5.41, 5.74) is 1.91. The van der Waals surface area contributed by atoms with E-state index in [1.807, 2.05) is 12.1 Å². The van der Waals surface area contributed by atoms with E-state index in [1.54, 1.807) is 14.0 Å². The molecule has 0 bridgehead atoms. The lowest BCUT2D eigenvalue weighted by atomic mass is 10.1. The summed E-state index contributed by atoms with van der Waals surface area (Å²) in [4.78, 5) is 11.5. The summed E-state index contributed by atoms with van der Waals surface area (Å²) in [5, 5.41) is 0.728. The smallest absolute Gasteiger partial charge is 0.310 e. The number of benzene rings is 1. The molecule has 0 aromatic heterocycles. The van der Waals surface area contributed by atoms with Gasteiger partial charge < -0.3 is 9.47 Å². The lowest BCUT2D eigenvalue weighted by Crippen LogP contribution is -2.09. The van der Waals surface area contributed by atoms with E-state index in [0.29, 0.717) is 12.4 Å². The third kappa shape index (κ3) is 4.00. The molecule has 1 rings (SSSR count). The Hall–Kier alpha value is -0.550. The first-order valence-corrected chi connectivity index (χ1v) is 7.10. The van der Waals surface area contributed by atoms with Gasteiger partial charge in [0.15, 0.2) is 0 Å². The Balaban J connectivity index is 3.02. The van der Waals surface area contributed by atoms with E-state index in [4.69, 9.17) is 9.47 Å². The fourth-order valence-corrected chi connectivity index (χ4v) is 2.55. The quantitative estimate of drug-likeness (QED) is 0.592. The van der Waals surface area contributed by atoms with Crippen LogP contribution in [0.5, 0.6) is 5.75 Å². The predicted molar refractivity (Wildman–Crippen MR) is 73.7 cm³/mol. The molecule has 17 heavy (non-hydrogen) atoms. The number of carbonyl (C=O) groups excluding carboxylic acids is 1. The van der Waals surface area contributed by atoms with E-state index in [2.05, 4.69) is 31.9 Å². The van der Waals surface area contributed by atoms with E-state index in [0.717, 1.165) is 20.9 Å². The van der Waals surface area contributed by atoms with Gasteiger partial charge in [0, 0.05) is 10.9 Å². The van der Waals surface area contributed by atoms with Crippen molar-refractivity contribution in [1.29, 1.82) is 0 Å². The van der Waals surface area contributed by atoms with Crippen LogP contribution in [0, 0.1) is 0 Å². The molecule has 0 aliphatic heterocycles. The molecule has 0 radical (unpaired) electrons. The van der Waals surface area contributed by atoms with E-state index < -0.39 is 0 Å². The van der Waals surface area contributed by atoms with Gasteiger partial charge in [-0.1, -0.05) is 22.0 Å². The number of carbonyl (C=O) groups is 1. The first-order chi connectivity index (χ1) is 8.12. The van der Waals surface area contributed by atoms with Gasteiger partial charge >= 0.3 is 5.97 Å². The van der Waals surface area contributed by atoms with Crippen molar-refractivity contribution in [2.75, 3.05) is 13.7 Å². The standard InChI is InChI=1S/C12H14Br2O3/c1-3-17-11(15)6-9-4-8(7-13)5-10(14)12(9)16-2/h4-5H,3,6-7H2,1-2H3. The van der Waals surface area contributed by atoms with Crippen LogP contribution in [-0.2, 0) is 21.3 Å². The molecule has 1 aromatic carbocycles. The van der Waals surface area contributed by atoms with Crippen molar-refractivity contribution in [2.24, 2.45) is 0 Å². The largest absolute Gasteiger partial charge is 0.495 e. The molecule has 0 aliphatic carbocycles. The number of rotatable bonds is 5. The molecule has 0 saturated carbocycles. The van der Waals surface area contributed by atoms with Crippen molar-refractivity contribution in [2.45, 2.75) is 18.7 Å². The Morgan fingerprint density at radius 3 is 2.65 bits per heavy atom. The highest BCUT2D eigenvalue weighted by Crippen LogP contribution is 2.31. The molecule has 0 atom stereocenters. The zero-order chi connectivity index (χ0) is 12.8. The van der Waals surface area contributed by atoms with Crippen LogP contribution in [0.3, 0.4) is 0 Å². The number of hydrogen-bond acceptors (Lipinski definition) is 3. The van der Waals surface area contributed by atoms with Crippen LogP contribution in [0.25, 0.3) is 0 Å². The van der Waals surface area contributed by atoms with Gasteiger partial charge in [-0.3, -0.25) is 4.79 Å². The van der Waals surface area contributed by atoms with Crippen LogP contribution in [0.2, 0.25) is 0 Å². The van der Waals surface area contributed by atoms with E-state index in [-0.39, 0.29) is 12.4 Å². The second-order valence-electron chi connectivity index (χ2n) is 3.39. The van der Waals surface area contributed by atoms with Gasteiger partial charge in [-0.25, -0.2) is 0 Å². The molecule has 1 aromatic rings. The number of esters is 1. The maximum Gasteiger partial charge on any atom is 0.310 e. The Labute approximate surface area is 118 Å². The highest BCUT2D eigenvalue weighted by atomic mass is 79.9. The van der Waals surface area contributed by atoms with Crippen LogP contribution in [0.15, 0.2) is 16.6 Å². The first-order valence-electron chi connectivity index (χ1n) is 5.19. The zero-order valence-corrected chi connectivity index (χ0v) is 12.9. The van der Waals surface area contributed by atoms with Gasteiger partial charge in [0.2, 0.25) is 0 Å². The SMILES string of the molecule is CCOC(=O)Cc1cc(CBr)cc(Br)c1OC. The van der Waals surface area contributed by atoms with Gasteiger partial charge in [0.1, 0.15) is 5.75 Å². The summed E-state index contributed by atoms with van der Waals surface area (Å²) < 4.78 is 11.1. The maximum atomic E-state index is 11.5. The number of halogens is 2. The van der Waals surface area contributed by atoms with Crippen LogP contribution in [0.1, 0.15) is 18.1 Å². The van der Waals surface area contributed by atoms with Crippen molar-refractivity contribution in [3.63, 3.8) is 0 Å².